The van der Waals surface area contributed by atoms with Gasteiger partial charge in [-0.05, 0) is 64.2 Å². The number of carbonyl (C=O) groups excluding carboxylic acids is 2. The predicted octanol–water partition coefficient (Wildman–Crippen LogP) is 11.2. The highest BCUT2D eigenvalue weighted by atomic mass is 16.7. The van der Waals surface area contributed by atoms with Gasteiger partial charge in [0.05, 0.1) is 25.4 Å². The number of nitrogens with one attached hydrogen (secondary N) is 1. The van der Waals surface area contributed by atoms with E-state index < -0.39 is 67.4 Å². The molecule has 1 saturated heterocycles. The van der Waals surface area contributed by atoms with Crippen LogP contribution in [0.15, 0.2) is 97.2 Å². The number of hydrogen-bond donors (Lipinski definition) is 6. The number of carbonyl (C=O) groups is 2. The van der Waals surface area contributed by atoms with Crippen molar-refractivity contribution in [1.82, 2.24) is 5.32 Å². The zero-order valence-electron chi connectivity index (χ0n) is 42.4. The molecule has 8 unspecified atom stereocenters. The van der Waals surface area contributed by atoms with Crippen LogP contribution in [0.3, 0.4) is 0 Å². The predicted molar refractivity (Wildman–Crippen MR) is 278 cm³/mol. The number of aliphatic hydroxyl groups excluding tert-OH is 5. The standard InChI is InChI=1S/C57H95NO10/c1-4-7-10-13-16-19-22-25-26-27-30-33-36-39-42-45-52(62)68-55-54(64)53(63)51(46-59)67-57(55)66-47-48(49(60)43-40-37-34-31-28-23-20-17-14-11-8-5-2)58-56(65)50(61)44-41-38-35-32-29-24-21-18-15-12-9-6-3/h7,9-10,12-13,15-16,18-19,21-22,24,29,32,40,43,48-51,53-55,57,59-61,63-64H,4-6,8,11,14,17,20,23,25-28,30-31,33-39,41-42,44-47H2,1-3H3,(H,58,65)/b10-7+,12-9+,16-13+,18-15+,22-19+,24-21-,32-29-,43-40+. The number of ether oxygens (including phenoxy) is 3. The third kappa shape index (κ3) is 33.2. The first kappa shape index (κ1) is 62.6. The first-order valence-electron chi connectivity index (χ1n) is 26.6. The SMILES string of the molecule is CC/C=C/C=C/C=C\C=C/CCCCC(O)C(=O)NC(COC1OC(CO)C(O)C(O)C1OC(=O)CCCCCCCCC/C=C/C=C/C=C/CC)C(O)/C=C/CCCCCCCCCCCC. The Balaban J connectivity index is 2.81. The van der Waals surface area contributed by atoms with Crippen LogP contribution in [0.2, 0.25) is 0 Å². The molecule has 388 valence electrons. The van der Waals surface area contributed by atoms with Crippen molar-refractivity contribution in [3.8, 4) is 0 Å². The lowest BCUT2D eigenvalue weighted by Gasteiger charge is -2.41. The van der Waals surface area contributed by atoms with Crippen LogP contribution in [-0.4, -0.2) is 99.6 Å². The molecule has 6 N–H and O–H groups in total. The van der Waals surface area contributed by atoms with Gasteiger partial charge in [0.25, 0.3) is 0 Å². The maximum absolute atomic E-state index is 13.3. The fraction of sp³-hybridized carbons (Fsp3) is 0.684. The molecule has 0 spiro atoms. The average molecular weight is 954 g/mol. The van der Waals surface area contributed by atoms with Gasteiger partial charge in [0.15, 0.2) is 12.4 Å². The molecule has 68 heavy (non-hydrogen) atoms. The second-order valence-corrected chi connectivity index (χ2v) is 18.0. The van der Waals surface area contributed by atoms with E-state index in [1.807, 2.05) is 60.8 Å². The van der Waals surface area contributed by atoms with Gasteiger partial charge in [0, 0.05) is 6.42 Å². The second kappa shape index (κ2) is 44.8. The summed E-state index contributed by atoms with van der Waals surface area (Å²) in [5.74, 6) is -1.26. The lowest BCUT2D eigenvalue weighted by molar-refractivity contribution is -0.305. The van der Waals surface area contributed by atoms with E-state index in [1.165, 1.54) is 44.9 Å². The lowest BCUT2D eigenvalue weighted by Crippen LogP contribution is -2.61. The molecule has 1 aliphatic rings. The summed E-state index contributed by atoms with van der Waals surface area (Å²) in [6, 6.07) is -1.05. The number of aliphatic hydroxyl groups is 5. The third-order valence-electron chi connectivity index (χ3n) is 11.9. The van der Waals surface area contributed by atoms with Crippen molar-refractivity contribution in [2.45, 2.75) is 237 Å². The van der Waals surface area contributed by atoms with E-state index >= 15 is 0 Å². The monoisotopic (exact) mass is 954 g/mol. The van der Waals surface area contributed by atoms with E-state index in [9.17, 15) is 35.1 Å². The van der Waals surface area contributed by atoms with Crippen molar-refractivity contribution < 1.29 is 49.3 Å². The highest BCUT2D eigenvalue weighted by Gasteiger charge is 2.47. The quantitative estimate of drug-likeness (QED) is 0.0150. The number of allylic oxidation sites excluding steroid dienone is 15. The molecular formula is C57H95NO10. The molecule has 11 nitrogen and oxygen atoms in total. The Kier molecular flexibility index (Phi) is 41.2. The molecule has 11 heteroatoms. The molecule has 1 heterocycles. The number of amides is 1. The van der Waals surface area contributed by atoms with Gasteiger partial charge in [-0.25, -0.2) is 0 Å². The van der Waals surface area contributed by atoms with E-state index in [0.29, 0.717) is 12.8 Å². The molecule has 0 aromatic carbocycles. The zero-order valence-corrected chi connectivity index (χ0v) is 42.4. The lowest BCUT2D eigenvalue weighted by atomic mass is 9.99. The number of rotatable bonds is 42. The molecule has 8 atom stereocenters. The Bertz CT molecular complexity index is 1470. The van der Waals surface area contributed by atoms with Crippen LogP contribution in [0, 0.1) is 0 Å². The zero-order chi connectivity index (χ0) is 49.7. The van der Waals surface area contributed by atoms with E-state index in [2.05, 4.69) is 56.5 Å². The largest absolute Gasteiger partial charge is 0.454 e. The van der Waals surface area contributed by atoms with Gasteiger partial charge in [0.2, 0.25) is 5.91 Å². The fourth-order valence-electron chi connectivity index (χ4n) is 7.66. The summed E-state index contributed by atoms with van der Waals surface area (Å²) in [6.45, 7) is 5.44. The van der Waals surface area contributed by atoms with Crippen molar-refractivity contribution in [3.05, 3.63) is 97.2 Å². The van der Waals surface area contributed by atoms with Gasteiger partial charge in [-0.1, -0.05) is 214 Å². The molecule has 0 saturated carbocycles. The van der Waals surface area contributed by atoms with Crippen molar-refractivity contribution in [3.63, 3.8) is 0 Å². The van der Waals surface area contributed by atoms with Crippen molar-refractivity contribution in [1.29, 1.82) is 0 Å². The highest BCUT2D eigenvalue weighted by Crippen LogP contribution is 2.26. The summed E-state index contributed by atoms with van der Waals surface area (Å²) in [7, 11) is 0. The number of hydrogen-bond acceptors (Lipinski definition) is 10. The van der Waals surface area contributed by atoms with Crippen LogP contribution in [-0.2, 0) is 23.8 Å². The molecule has 0 aromatic heterocycles. The maximum atomic E-state index is 13.3. The molecule has 1 fully saturated rings. The third-order valence-corrected chi connectivity index (χ3v) is 11.9. The van der Waals surface area contributed by atoms with Gasteiger partial charge in [-0.2, -0.15) is 0 Å². The van der Waals surface area contributed by atoms with Crippen LogP contribution in [0.5, 0.6) is 0 Å². The minimum Gasteiger partial charge on any atom is -0.454 e. The first-order chi connectivity index (χ1) is 33.2. The van der Waals surface area contributed by atoms with Gasteiger partial charge < -0.3 is 45.1 Å². The van der Waals surface area contributed by atoms with Crippen molar-refractivity contribution >= 4 is 11.9 Å². The summed E-state index contributed by atoms with van der Waals surface area (Å²) in [4.78, 5) is 26.3. The Morgan fingerprint density at radius 3 is 1.59 bits per heavy atom. The molecule has 0 aliphatic carbocycles. The number of unbranched alkanes of at least 4 members (excludes halogenated alkanes) is 19. The molecule has 0 aromatic rings. The molecular weight excluding hydrogens is 859 g/mol. The Morgan fingerprint density at radius 2 is 1.06 bits per heavy atom. The Hall–Kier alpha value is -3.42. The van der Waals surface area contributed by atoms with Crippen LogP contribution >= 0.6 is 0 Å². The normalized spacial score (nSPS) is 20.7. The van der Waals surface area contributed by atoms with Gasteiger partial charge in [-0.15, -0.1) is 0 Å². The van der Waals surface area contributed by atoms with E-state index in [4.69, 9.17) is 14.2 Å². The molecule has 0 radical (unpaired) electrons. The summed E-state index contributed by atoms with van der Waals surface area (Å²) in [6.07, 6.45) is 47.5. The fourth-order valence-corrected chi connectivity index (χ4v) is 7.66. The molecule has 1 amide bonds. The molecule has 1 aliphatic heterocycles. The molecule has 0 bridgehead atoms. The van der Waals surface area contributed by atoms with E-state index in [1.54, 1.807) is 6.08 Å². The van der Waals surface area contributed by atoms with Crippen molar-refractivity contribution in [2.75, 3.05) is 13.2 Å². The van der Waals surface area contributed by atoms with Crippen molar-refractivity contribution in [2.24, 2.45) is 0 Å². The van der Waals surface area contributed by atoms with Crippen LogP contribution in [0.1, 0.15) is 188 Å². The summed E-state index contributed by atoms with van der Waals surface area (Å²) >= 11 is 0. The maximum Gasteiger partial charge on any atom is 0.306 e. The summed E-state index contributed by atoms with van der Waals surface area (Å²) < 4.78 is 17.5. The highest BCUT2D eigenvalue weighted by molar-refractivity contribution is 5.80. The average Bonchev–Trinajstić information content (AvgIpc) is 3.33. The van der Waals surface area contributed by atoms with E-state index in [0.717, 1.165) is 96.3 Å². The van der Waals surface area contributed by atoms with Crippen LogP contribution in [0.25, 0.3) is 0 Å². The molecule has 1 rings (SSSR count). The van der Waals surface area contributed by atoms with Gasteiger partial charge in [0.1, 0.15) is 24.4 Å². The van der Waals surface area contributed by atoms with Crippen LogP contribution in [0.4, 0.5) is 0 Å². The van der Waals surface area contributed by atoms with E-state index in [-0.39, 0.29) is 19.4 Å². The second-order valence-electron chi connectivity index (χ2n) is 18.0. The first-order valence-corrected chi connectivity index (χ1v) is 26.6. The Labute approximate surface area is 412 Å². The Morgan fingerprint density at radius 1 is 0.588 bits per heavy atom. The minimum atomic E-state index is -1.63. The summed E-state index contributed by atoms with van der Waals surface area (Å²) in [5.41, 5.74) is 0. The summed E-state index contributed by atoms with van der Waals surface area (Å²) in [5, 5.41) is 56.6. The minimum absolute atomic E-state index is 0.0997. The smallest absolute Gasteiger partial charge is 0.306 e. The van der Waals surface area contributed by atoms with Gasteiger partial charge in [-0.3, -0.25) is 9.59 Å². The number of esters is 1. The topological polar surface area (TPSA) is 175 Å². The van der Waals surface area contributed by atoms with Crippen LogP contribution < -0.4 is 5.32 Å². The van der Waals surface area contributed by atoms with Gasteiger partial charge >= 0.3 is 5.97 Å².